The molecule has 25 heavy (non-hydrogen) atoms. The number of carbonyl (C=O) groups is 3. The Bertz CT molecular complexity index is 503. The highest BCUT2D eigenvalue weighted by Crippen LogP contribution is 2.12. The zero-order valence-electron chi connectivity index (χ0n) is 15.1. The SMILES string of the molecule is CCOC(=O)/C(I)=C/C[C@@H](C)OC(=O)[C@@H](CS)NC(=O)OC(C)(C)C. The van der Waals surface area contributed by atoms with E-state index in [4.69, 9.17) is 14.2 Å². The van der Waals surface area contributed by atoms with Crippen LogP contribution in [-0.4, -0.2) is 48.1 Å². The summed E-state index contributed by atoms with van der Waals surface area (Å²) in [7, 11) is 0. The molecule has 0 aromatic rings. The summed E-state index contributed by atoms with van der Waals surface area (Å²) in [6.07, 6.45) is 0.782. The molecule has 7 nitrogen and oxygen atoms in total. The van der Waals surface area contributed by atoms with Gasteiger partial charge in [0, 0.05) is 12.2 Å². The molecule has 0 radical (unpaired) electrons. The number of thiol groups is 1. The minimum Gasteiger partial charge on any atom is -0.462 e. The van der Waals surface area contributed by atoms with Crippen molar-refractivity contribution in [1.82, 2.24) is 5.32 Å². The minimum atomic E-state index is -0.922. The lowest BCUT2D eigenvalue weighted by Crippen LogP contribution is -2.46. The molecule has 0 heterocycles. The van der Waals surface area contributed by atoms with Crippen molar-refractivity contribution < 1.29 is 28.6 Å². The van der Waals surface area contributed by atoms with Crippen LogP contribution in [0, 0.1) is 0 Å². The molecule has 9 heteroatoms. The third kappa shape index (κ3) is 11.3. The first kappa shape index (κ1) is 24.0. The van der Waals surface area contributed by atoms with Crippen molar-refractivity contribution in [3.05, 3.63) is 9.66 Å². The van der Waals surface area contributed by atoms with E-state index < -0.39 is 35.8 Å². The Hall–Kier alpha value is -0.970. The predicted molar refractivity (Wildman–Crippen MR) is 106 cm³/mol. The van der Waals surface area contributed by atoms with Crippen LogP contribution < -0.4 is 5.32 Å². The molecule has 144 valence electrons. The van der Waals surface area contributed by atoms with Crippen LogP contribution in [0.15, 0.2) is 9.66 Å². The summed E-state index contributed by atoms with van der Waals surface area (Å²) in [6, 6.07) is -0.922. The maximum atomic E-state index is 12.1. The molecule has 0 saturated carbocycles. The van der Waals surface area contributed by atoms with Gasteiger partial charge in [-0.05, 0) is 57.2 Å². The highest BCUT2D eigenvalue weighted by molar-refractivity contribution is 14.1. The number of rotatable bonds is 8. The zero-order chi connectivity index (χ0) is 19.6. The van der Waals surface area contributed by atoms with Crippen molar-refractivity contribution in [2.75, 3.05) is 12.4 Å². The summed E-state index contributed by atoms with van der Waals surface area (Å²) in [5.74, 6) is -0.963. The summed E-state index contributed by atoms with van der Waals surface area (Å²) < 4.78 is 15.6. The molecule has 0 rings (SSSR count). The number of halogens is 1. The molecule has 0 aliphatic rings. The summed E-state index contributed by atoms with van der Waals surface area (Å²) in [5.41, 5.74) is -0.670. The summed E-state index contributed by atoms with van der Waals surface area (Å²) in [5, 5.41) is 2.43. The Morgan fingerprint density at radius 3 is 2.36 bits per heavy atom. The fourth-order valence-electron chi connectivity index (χ4n) is 1.51. The van der Waals surface area contributed by atoms with Gasteiger partial charge in [0.05, 0.1) is 10.2 Å². The van der Waals surface area contributed by atoms with Gasteiger partial charge in [0.15, 0.2) is 0 Å². The van der Waals surface area contributed by atoms with E-state index in [9.17, 15) is 14.4 Å². The van der Waals surface area contributed by atoms with Crippen molar-refractivity contribution in [1.29, 1.82) is 0 Å². The molecule has 2 atom stereocenters. The quantitative estimate of drug-likeness (QED) is 0.180. The second-order valence-electron chi connectivity index (χ2n) is 6.14. The van der Waals surface area contributed by atoms with Gasteiger partial charge in [0.25, 0.3) is 0 Å². The van der Waals surface area contributed by atoms with Gasteiger partial charge < -0.3 is 19.5 Å². The molecule has 0 saturated heterocycles. The van der Waals surface area contributed by atoms with E-state index in [0.29, 0.717) is 16.6 Å². The van der Waals surface area contributed by atoms with Crippen LogP contribution in [0.3, 0.4) is 0 Å². The van der Waals surface area contributed by atoms with Crippen LogP contribution in [0.5, 0.6) is 0 Å². The Labute approximate surface area is 167 Å². The van der Waals surface area contributed by atoms with E-state index in [1.807, 2.05) is 22.6 Å². The molecule has 0 bridgehead atoms. The molecular weight excluding hydrogens is 461 g/mol. The second-order valence-corrected chi connectivity index (χ2v) is 7.66. The fourth-order valence-corrected chi connectivity index (χ4v) is 2.16. The Kier molecular flexibility index (Phi) is 11.2. The maximum absolute atomic E-state index is 12.1. The lowest BCUT2D eigenvalue weighted by atomic mass is 10.2. The third-order valence-electron chi connectivity index (χ3n) is 2.57. The highest BCUT2D eigenvalue weighted by atomic mass is 127. The number of ether oxygens (including phenoxy) is 3. The minimum absolute atomic E-state index is 0.0704. The predicted octanol–water partition coefficient (Wildman–Crippen LogP) is 3.01. The molecule has 0 aromatic carbocycles. The monoisotopic (exact) mass is 487 g/mol. The molecule has 0 fully saturated rings. The van der Waals surface area contributed by atoms with E-state index in [2.05, 4.69) is 17.9 Å². The molecular formula is C16H26INO6S. The van der Waals surface area contributed by atoms with Crippen molar-refractivity contribution in [2.45, 2.75) is 58.8 Å². The molecule has 0 unspecified atom stereocenters. The van der Waals surface area contributed by atoms with Gasteiger partial charge in [-0.2, -0.15) is 12.6 Å². The smallest absolute Gasteiger partial charge is 0.408 e. The Morgan fingerprint density at radius 1 is 1.28 bits per heavy atom. The van der Waals surface area contributed by atoms with Crippen molar-refractivity contribution >= 4 is 53.3 Å². The zero-order valence-corrected chi connectivity index (χ0v) is 18.2. The first-order valence-corrected chi connectivity index (χ1v) is 9.54. The van der Waals surface area contributed by atoms with Crippen molar-refractivity contribution in [3.8, 4) is 0 Å². The molecule has 0 spiro atoms. The van der Waals surface area contributed by atoms with Gasteiger partial charge in [-0.15, -0.1) is 0 Å². The molecule has 0 aliphatic heterocycles. The Morgan fingerprint density at radius 2 is 1.88 bits per heavy atom. The van der Waals surface area contributed by atoms with E-state index in [0.717, 1.165) is 0 Å². The number of alkyl carbamates (subject to hydrolysis) is 1. The number of esters is 2. The van der Waals surface area contributed by atoms with E-state index in [1.165, 1.54) is 0 Å². The number of hydrogen-bond donors (Lipinski definition) is 2. The van der Waals surface area contributed by atoms with Gasteiger partial charge in [-0.3, -0.25) is 0 Å². The van der Waals surface area contributed by atoms with Crippen LogP contribution in [0.25, 0.3) is 0 Å². The van der Waals surface area contributed by atoms with E-state index in [-0.39, 0.29) is 5.75 Å². The largest absolute Gasteiger partial charge is 0.462 e. The third-order valence-corrected chi connectivity index (χ3v) is 3.82. The lowest BCUT2D eigenvalue weighted by Gasteiger charge is -2.23. The van der Waals surface area contributed by atoms with E-state index >= 15 is 0 Å². The first-order chi connectivity index (χ1) is 11.5. The fraction of sp³-hybridized carbons (Fsp3) is 0.688. The number of carbonyl (C=O) groups excluding carboxylic acids is 3. The number of nitrogens with one attached hydrogen (secondary N) is 1. The van der Waals surface area contributed by atoms with Crippen LogP contribution in [0.2, 0.25) is 0 Å². The average molecular weight is 487 g/mol. The molecule has 1 amide bonds. The van der Waals surface area contributed by atoms with Crippen molar-refractivity contribution in [2.24, 2.45) is 0 Å². The summed E-state index contributed by atoms with van der Waals surface area (Å²) in [4.78, 5) is 35.3. The second kappa shape index (κ2) is 11.6. The van der Waals surface area contributed by atoms with Crippen LogP contribution in [0.4, 0.5) is 4.79 Å². The number of hydrogen-bond acceptors (Lipinski definition) is 7. The molecule has 1 N–H and O–H groups in total. The lowest BCUT2D eigenvalue weighted by molar-refractivity contribution is -0.149. The van der Waals surface area contributed by atoms with E-state index in [1.54, 1.807) is 40.7 Å². The van der Waals surface area contributed by atoms with Gasteiger partial charge >= 0.3 is 18.0 Å². The summed E-state index contributed by atoms with van der Waals surface area (Å²) in [6.45, 7) is 8.87. The van der Waals surface area contributed by atoms with Gasteiger partial charge in [0.2, 0.25) is 0 Å². The first-order valence-electron chi connectivity index (χ1n) is 7.83. The summed E-state index contributed by atoms with van der Waals surface area (Å²) >= 11 is 5.92. The van der Waals surface area contributed by atoms with Crippen LogP contribution in [0.1, 0.15) is 41.0 Å². The van der Waals surface area contributed by atoms with Gasteiger partial charge in [0.1, 0.15) is 17.7 Å². The molecule has 0 aliphatic carbocycles. The average Bonchev–Trinajstić information content (AvgIpc) is 2.48. The van der Waals surface area contributed by atoms with Crippen molar-refractivity contribution in [3.63, 3.8) is 0 Å². The maximum Gasteiger partial charge on any atom is 0.408 e. The van der Waals surface area contributed by atoms with Gasteiger partial charge in [-0.1, -0.05) is 6.08 Å². The highest BCUT2D eigenvalue weighted by Gasteiger charge is 2.25. The number of amides is 1. The normalized spacial score (nSPS) is 14.3. The standard InChI is InChI=1S/C16H26INO6S/c1-6-22-13(19)11(17)8-7-10(2)23-14(20)12(9-25)18-15(21)24-16(3,4)5/h8,10,12,25H,6-7,9H2,1-5H3,(H,18,21)/b11-8-/t10-,12-/m1/s1. The van der Waals surface area contributed by atoms with Gasteiger partial charge in [-0.25, -0.2) is 14.4 Å². The molecule has 0 aromatic heterocycles. The van der Waals surface area contributed by atoms with Crippen LogP contribution >= 0.6 is 35.2 Å². The van der Waals surface area contributed by atoms with Crippen LogP contribution in [-0.2, 0) is 23.8 Å². The Balaban J connectivity index is 4.54. The topological polar surface area (TPSA) is 90.9 Å².